The highest BCUT2D eigenvalue weighted by molar-refractivity contribution is 6.05. The molecular weight excluding hydrogens is 426 g/mol. The molecule has 0 saturated carbocycles. The van der Waals surface area contributed by atoms with Crippen molar-refractivity contribution in [2.24, 2.45) is 0 Å². The fourth-order valence-corrected chi connectivity index (χ4v) is 4.64. The molecule has 3 aliphatic rings. The van der Waals surface area contributed by atoms with Gasteiger partial charge < -0.3 is 19.3 Å². The Labute approximate surface area is 193 Å². The van der Waals surface area contributed by atoms with Crippen LogP contribution in [0.4, 0.5) is 4.79 Å². The van der Waals surface area contributed by atoms with Crippen LogP contribution in [0.25, 0.3) is 0 Å². The highest BCUT2D eigenvalue weighted by Crippen LogP contribution is 2.31. The van der Waals surface area contributed by atoms with Gasteiger partial charge in [0.15, 0.2) is 0 Å². The molecule has 0 bridgehead atoms. The van der Waals surface area contributed by atoms with Gasteiger partial charge in [0.05, 0.1) is 0 Å². The van der Waals surface area contributed by atoms with Gasteiger partial charge in [-0.25, -0.2) is 4.79 Å². The lowest BCUT2D eigenvalue weighted by Gasteiger charge is -2.38. The zero-order chi connectivity index (χ0) is 23.9. The average Bonchev–Trinajstić information content (AvgIpc) is 3.02. The molecule has 33 heavy (non-hydrogen) atoms. The van der Waals surface area contributed by atoms with Crippen molar-refractivity contribution in [3.05, 3.63) is 29.3 Å². The van der Waals surface area contributed by atoms with Crippen molar-refractivity contribution in [3.8, 4) is 5.75 Å². The molecule has 4 amide bonds. The SMILES string of the molecule is C[C@H]1C[C@H](Oc2ccc3c(c2)CN(C2CCC(=O)NC2=O)C3=O)CCN1C(=O)OC(C)(C)C. The molecule has 1 aromatic carbocycles. The minimum absolute atomic E-state index is 0.0161. The predicted molar refractivity (Wildman–Crippen MR) is 119 cm³/mol. The van der Waals surface area contributed by atoms with Gasteiger partial charge in [-0.05, 0) is 57.9 Å². The van der Waals surface area contributed by atoms with Crippen molar-refractivity contribution < 1.29 is 28.7 Å². The molecule has 1 unspecified atom stereocenters. The number of hydrogen-bond donors (Lipinski definition) is 1. The van der Waals surface area contributed by atoms with E-state index in [1.165, 1.54) is 4.90 Å². The molecule has 0 radical (unpaired) electrons. The Balaban J connectivity index is 1.38. The van der Waals surface area contributed by atoms with Crippen molar-refractivity contribution in [1.82, 2.24) is 15.1 Å². The molecule has 3 aliphatic heterocycles. The Bertz CT molecular complexity index is 985. The molecule has 2 fully saturated rings. The lowest BCUT2D eigenvalue weighted by molar-refractivity contribution is -0.136. The van der Waals surface area contributed by atoms with Crippen LogP contribution in [0.15, 0.2) is 18.2 Å². The number of rotatable bonds is 3. The molecule has 178 valence electrons. The van der Waals surface area contributed by atoms with Gasteiger partial charge in [-0.1, -0.05) is 0 Å². The summed E-state index contributed by atoms with van der Waals surface area (Å²) < 4.78 is 11.7. The number of benzene rings is 1. The van der Waals surface area contributed by atoms with Crippen molar-refractivity contribution in [2.75, 3.05) is 6.54 Å². The van der Waals surface area contributed by atoms with E-state index in [1.807, 2.05) is 33.8 Å². The van der Waals surface area contributed by atoms with E-state index in [-0.39, 0.29) is 36.5 Å². The summed E-state index contributed by atoms with van der Waals surface area (Å²) in [5.41, 5.74) is 0.829. The lowest BCUT2D eigenvalue weighted by atomic mass is 10.0. The highest BCUT2D eigenvalue weighted by atomic mass is 16.6. The van der Waals surface area contributed by atoms with Crippen molar-refractivity contribution >= 4 is 23.8 Å². The predicted octanol–water partition coefficient (Wildman–Crippen LogP) is 2.61. The van der Waals surface area contributed by atoms with Crippen LogP contribution in [0.5, 0.6) is 5.75 Å². The fraction of sp³-hybridized carbons (Fsp3) is 0.583. The van der Waals surface area contributed by atoms with E-state index in [2.05, 4.69) is 5.32 Å². The van der Waals surface area contributed by atoms with Crippen molar-refractivity contribution in [1.29, 1.82) is 0 Å². The Morgan fingerprint density at radius 2 is 1.91 bits per heavy atom. The molecule has 4 rings (SSSR count). The van der Waals surface area contributed by atoms with Crippen molar-refractivity contribution in [2.45, 2.75) is 83.7 Å². The number of ether oxygens (including phenoxy) is 2. The summed E-state index contributed by atoms with van der Waals surface area (Å²) in [6.45, 7) is 8.40. The smallest absolute Gasteiger partial charge is 0.410 e. The zero-order valence-electron chi connectivity index (χ0n) is 19.6. The van der Waals surface area contributed by atoms with Crippen molar-refractivity contribution in [3.63, 3.8) is 0 Å². The van der Waals surface area contributed by atoms with Gasteiger partial charge in [-0.2, -0.15) is 0 Å². The Morgan fingerprint density at radius 1 is 1.15 bits per heavy atom. The number of nitrogens with zero attached hydrogens (tertiary/aromatic N) is 2. The van der Waals surface area contributed by atoms with Gasteiger partial charge in [0, 0.05) is 44.0 Å². The van der Waals surface area contributed by atoms with Gasteiger partial charge in [-0.15, -0.1) is 0 Å². The van der Waals surface area contributed by atoms with E-state index in [9.17, 15) is 19.2 Å². The summed E-state index contributed by atoms with van der Waals surface area (Å²) in [5.74, 6) is -0.266. The number of hydrogen-bond acceptors (Lipinski definition) is 6. The van der Waals surface area contributed by atoms with Crippen LogP contribution >= 0.6 is 0 Å². The number of piperidine rings is 2. The highest BCUT2D eigenvalue weighted by Gasteiger charge is 2.39. The fourth-order valence-electron chi connectivity index (χ4n) is 4.64. The van der Waals surface area contributed by atoms with Gasteiger partial charge in [0.2, 0.25) is 11.8 Å². The first-order chi connectivity index (χ1) is 15.5. The largest absolute Gasteiger partial charge is 0.490 e. The first kappa shape index (κ1) is 23.1. The van der Waals surface area contributed by atoms with Gasteiger partial charge >= 0.3 is 6.09 Å². The van der Waals surface area contributed by atoms with Crippen LogP contribution < -0.4 is 10.1 Å². The van der Waals surface area contributed by atoms with E-state index in [0.29, 0.717) is 43.7 Å². The van der Waals surface area contributed by atoms with E-state index in [1.54, 1.807) is 17.0 Å². The second-order valence-corrected chi connectivity index (χ2v) is 10.0. The number of nitrogens with one attached hydrogen (secondary N) is 1. The third-order valence-electron chi connectivity index (χ3n) is 6.25. The quantitative estimate of drug-likeness (QED) is 0.700. The van der Waals surface area contributed by atoms with Crippen LogP contribution in [0.1, 0.15) is 69.3 Å². The van der Waals surface area contributed by atoms with Crippen LogP contribution in [-0.2, 0) is 20.9 Å². The summed E-state index contributed by atoms with van der Waals surface area (Å²) in [4.78, 5) is 52.2. The maximum atomic E-state index is 12.8. The maximum absolute atomic E-state index is 12.8. The minimum atomic E-state index is -0.634. The monoisotopic (exact) mass is 457 g/mol. The maximum Gasteiger partial charge on any atom is 0.410 e. The molecule has 3 heterocycles. The average molecular weight is 458 g/mol. The summed E-state index contributed by atoms with van der Waals surface area (Å²) >= 11 is 0. The topological polar surface area (TPSA) is 105 Å². The second-order valence-electron chi connectivity index (χ2n) is 10.0. The second kappa shape index (κ2) is 8.68. The van der Waals surface area contributed by atoms with E-state index in [0.717, 1.165) is 5.56 Å². The number of carbonyl (C=O) groups is 4. The normalized spacial score (nSPS) is 25.6. The van der Waals surface area contributed by atoms with Gasteiger partial charge in [0.25, 0.3) is 5.91 Å². The molecule has 3 atom stereocenters. The summed E-state index contributed by atoms with van der Waals surface area (Å²) in [7, 11) is 0. The molecule has 2 saturated heterocycles. The van der Waals surface area contributed by atoms with E-state index < -0.39 is 17.6 Å². The molecule has 0 spiro atoms. The minimum Gasteiger partial charge on any atom is -0.490 e. The molecule has 1 N–H and O–H groups in total. The molecule has 0 aliphatic carbocycles. The van der Waals surface area contributed by atoms with Gasteiger partial charge in [0.1, 0.15) is 23.5 Å². The van der Waals surface area contributed by atoms with Crippen LogP contribution in [0, 0.1) is 0 Å². The Hall–Kier alpha value is -3.10. The number of imide groups is 1. The third-order valence-corrected chi connectivity index (χ3v) is 6.25. The first-order valence-electron chi connectivity index (χ1n) is 11.5. The van der Waals surface area contributed by atoms with Crippen LogP contribution in [0.3, 0.4) is 0 Å². The van der Waals surface area contributed by atoms with E-state index >= 15 is 0 Å². The van der Waals surface area contributed by atoms with Gasteiger partial charge in [-0.3, -0.25) is 19.7 Å². The number of amides is 4. The van der Waals surface area contributed by atoms with E-state index in [4.69, 9.17) is 9.47 Å². The van der Waals surface area contributed by atoms with Crippen LogP contribution in [-0.4, -0.2) is 63.9 Å². The first-order valence-corrected chi connectivity index (χ1v) is 11.5. The van der Waals surface area contributed by atoms with Crippen LogP contribution in [0.2, 0.25) is 0 Å². The lowest BCUT2D eigenvalue weighted by Crippen LogP contribution is -2.52. The molecular formula is C24H31N3O6. The molecule has 9 heteroatoms. The molecule has 9 nitrogen and oxygen atoms in total. The molecule has 0 aromatic heterocycles. The zero-order valence-corrected chi connectivity index (χ0v) is 19.6. The number of carbonyl (C=O) groups excluding carboxylic acids is 4. The third kappa shape index (κ3) is 4.96. The number of likely N-dealkylation sites (tertiary alicyclic amines) is 1. The summed E-state index contributed by atoms with van der Waals surface area (Å²) in [5, 5.41) is 2.31. The number of fused-ring (bicyclic) bond motifs is 1. The summed E-state index contributed by atoms with van der Waals surface area (Å²) in [6.07, 6.45) is 1.56. The Kier molecular flexibility index (Phi) is 6.07. The molecule has 1 aromatic rings. The summed E-state index contributed by atoms with van der Waals surface area (Å²) in [6, 6.07) is 4.71. The standard InChI is InChI=1S/C24H31N3O6/c1-14-11-17(9-10-26(14)23(31)33-24(2,3)4)32-16-5-6-18-15(12-16)13-27(22(18)30)19-7-8-20(28)25-21(19)29/h5-6,12,14,17,19H,7-11,13H2,1-4H3,(H,25,28,29)/t14-,17+,19?/m0/s1. The Morgan fingerprint density at radius 3 is 2.58 bits per heavy atom.